The maximum absolute atomic E-state index is 3.64. The van der Waals surface area contributed by atoms with Crippen molar-refractivity contribution in [3.05, 3.63) is 57.6 Å². The Bertz CT molecular complexity index is 733. The Balaban J connectivity index is 1.97. The molecular weight excluding hydrogens is 294 g/mol. The van der Waals surface area contributed by atoms with Crippen molar-refractivity contribution in [2.45, 2.75) is 54.5 Å². The van der Waals surface area contributed by atoms with Gasteiger partial charge in [-0.05, 0) is 70.7 Å². The summed E-state index contributed by atoms with van der Waals surface area (Å²) in [7, 11) is 0. The van der Waals surface area contributed by atoms with Crippen molar-refractivity contribution in [2.75, 3.05) is 16.6 Å². The van der Waals surface area contributed by atoms with Crippen molar-refractivity contribution in [3.8, 4) is 0 Å². The van der Waals surface area contributed by atoms with Crippen LogP contribution in [0.4, 0.5) is 11.4 Å². The normalized spacial score (nSPS) is 17.7. The second kappa shape index (κ2) is 6.14. The van der Waals surface area contributed by atoms with Crippen LogP contribution in [0.5, 0.6) is 0 Å². The molecular formula is C21H29N3. The monoisotopic (exact) mass is 323 g/mol. The summed E-state index contributed by atoms with van der Waals surface area (Å²) in [5.41, 5.74) is 14.2. The Labute approximate surface area is 146 Å². The molecule has 2 aromatic rings. The summed E-state index contributed by atoms with van der Waals surface area (Å²) >= 11 is 0. The van der Waals surface area contributed by atoms with E-state index in [1.807, 2.05) is 0 Å². The van der Waals surface area contributed by atoms with Crippen LogP contribution < -0.4 is 15.6 Å². The molecule has 1 unspecified atom stereocenters. The zero-order valence-corrected chi connectivity index (χ0v) is 16.0. The van der Waals surface area contributed by atoms with Gasteiger partial charge in [0, 0.05) is 0 Å². The van der Waals surface area contributed by atoms with Gasteiger partial charge in [0.1, 0.15) is 0 Å². The molecule has 128 valence electrons. The highest BCUT2D eigenvalue weighted by molar-refractivity contribution is 5.65. The molecule has 0 spiro atoms. The minimum atomic E-state index is 0.408. The fraction of sp³-hybridized carbons (Fsp3) is 0.429. The molecule has 1 N–H and O–H groups in total. The van der Waals surface area contributed by atoms with E-state index in [0.29, 0.717) is 6.04 Å². The van der Waals surface area contributed by atoms with Crippen LogP contribution in [0.3, 0.4) is 0 Å². The molecule has 0 saturated carbocycles. The van der Waals surface area contributed by atoms with E-state index in [4.69, 9.17) is 0 Å². The highest BCUT2D eigenvalue weighted by Crippen LogP contribution is 2.32. The Morgan fingerprint density at radius 1 is 0.750 bits per heavy atom. The lowest BCUT2D eigenvalue weighted by Gasteiger charge is -2.28. The maximum Gasteiger partial charge on any atom is 0.0636 e. The van der Waals surface area contributed by atoms with Crippen LogP contribution in [0.25, 0.3) is 0 Å². The topological polar surface area (TPSA) is 18.5 Å². The van der Waals surface area contributed by atoms with Gasteiger partial charge in [0.25, 0.3) is 0 Å². The number of hydrazine groups is 2. The number of nitrogens with one attached hydrogen (secondary N) is 1. The van der Waals surface area contributed by atoms with E-state index in [1.165, 1.54) is 44.8 Å². The first-order valence-corrected chi connectivity index (χ1v) is 8.76. The molecule has 0 aromatic heterocycles. The van der Waals surface area contributed by atoms with Crippen molar-refractivity contribution >= 4 is 11.4 Å². The molecule has 1 fully saturated rings. The van der Waals surface area contributed by atoms with Gasteiger partial charge >= 0.3 is 0 Å². The Hall–Kier alpha value is -2.00. The fourth-order valence-electron chi connectivity index (χ4n) is 4.18. The number of anilines is 2. The van der Waals surface area contributed by atoms with E-state index >= 15 is 0 Å². The van der Waals surface area contributed by atoms with Crippen molar-refractivity contribution < 1.29 is 0 Å². The Morgan fingerprint density at radius 3 is 1.62 bits per heavy atom. The Kier molecular flexibility index (Phi) is 4.31. The van der Waals surface area contributed by atoms with Gasteiger partial charge in [-0.15, -0.1) is 5.53 Å². The van der Waals surface area contributed by atoms with Crippen LogP contribution in [-0.2, 0) is 0 Å². The first-order chi connectivity index (χ1) is 11.3. The van der Waals surface area contributed by atoms with Crippen LogP contribution in [0, 0.1) is 41.5 Å². The minimum absolute atomic E-state index is 0.408. The van der Waals surface area contributed by atoms with Crippen LogP contribution in [0.2, 0.25) is 0 Å². The summed E-state index contributed by atoms with van der Waals surface area (Å²) in [6, 6.07) is 9.47. The van der Waals surface area contributed by atoms with Crippen LogP contribution >= 0.6 is 0 Å². The lowest BCUT2D eigenvalue weighted by atomic mass is 10.0. The van der Waals surface area contributed by atoms with Crippen molar-refractivity contribution in [2.24, 2.45) is 0 Å². The number of benzene rings is 2. The van der Waals surface area contributed by atoms with E-state index in [9.17, 15) is 0 Å². The first-order valence-electron chi connectivity index (χ1n) is 8.76. The largest absolute Gasteiger partial charge is 0.288 e. The second-order valence-corrected chi connectivity index (χ2v) is 7.42. The smallest absolute Gasteiger partial charge is 0.0636 e. The lowest BCUT2D eigenvalue weighted by molar-refractivity contribution is 0.687. The summed E-state index contributed by atoms with van der Waals surface area (Å²) in [4.78, 5) is 0. The molecule has 0 amide bonds. The number of hydrogen-bond donors (Lipinski definition) is 1. The van der Waals surface area contributed by atoms with Gasteiger partial charge in [-0.25, -0.2) is 0 Å². The average Bonchev–Trinajstić information content (AvgIpc) is 2.78. The predicted molar refractivity (Wildman–Crippen MR) is 104 cm³/mol. The minimum Gasteiger partial charge on any atom is -0.288 e. The number of nitrogens with zero attached hydrogens (tertiary/aromatic N) is 2. The van der Waals surface area contributed by atoms with Crippen molar-refractivity contribution in [1.82, 2.24) is 5.53 Å². The number of rotatable bonds is 2. The lowest BCUT2D eigenvalue weighted by Crippen LogP contribution is -2.42. The molecule has 24 heavy (non-hydrogen) atoms. The summed E-state index contributed by atoms with van der Waals surface area (Å²) in [5.74, 6) is 0. The van der Waals surface area contributed by atoms with Gasteiger partial charge in [0.05, 0.1) is 24.0 Å². The molecule has 0 bridgehead atoms. The average molecular weight is 323 g/mol. The van der Waals surface area contributed by atoms with Crippen molar-refractivity contribution in [1.29, 1.82) is 0 Å². The molecule has 3 nitrogen and oxygen atoms in total. The second-order valence-electron chi connectivity index (χ2n) is 7.42. The van der Waals surface area contributed by atoms with E-state index in [2.05, 4.69) is 88.3 Å². The quantitative estimate of drug-likeness (QED) is 0.866. The highest BCUT2D eigenvalue weighted by atomic mass is 15.8. The molecule has 2 aromatic carbocycles. The highest BCUT2D eigenvalue weighted by Gasteiger charge is 2.30. The van der Waals surface area contributed by atoms with Gasteiger partial charge in [-0.2, -0.15) is 0 Å². The van der Waals surface area contributed by atoms with Crippen LogP contribution in [0.1, 0.15) is 40.3 Å². The van der Waals surface area contributed by atoms with E-state index in [1.54, 1.807) is 0 Å². The molecule has 3 rings (SSSR count). The number of aryl methyl sites for hydroxylation is 6. The summed E-state index contributed by atoms with van der Waals surface area (Å²) < 4.78 is 0. The maximum atomic E-state index is 3.64. The van der Waals surface area contributed by atoms with Crippen molar-refractivity contribution in [3.63, 3.8) is 0 Å². The van der Waals surface area contributed by atoms with E-state index in [-0.39, 0.29) is 0 Å². The number of hydrogen-bond acceptors (Lipinski definition) is 3. The van der Waals surface area contributed by atoms with Gasteiger partial charge in [-0.3, -0.25) is 10.0 Å². The molecule has 0 aliphatic carbocycles. The van der Waals surface area contributed by atoms with Crippen LogP contribution in [-0.4, -0.2) is 12.6 Å². The third kappa shape index (κ3) is 2.89. The molecule has 1 aliphatic rings. The SMILES string of the molecule is Cc1cc(C)c(N2CC(C)N(c3c(C)cc(C)cc3C)N2)c(C)c1. The molecule has 1 aliphatic heterocycles. The molecule has 0 radical (unpaired) electrons. The fourth-order valence-corrected chi connectivity index (χ4v) is 4.18. The summed E-state index contributed by atoms with van der Waals surface area (Å²) in [6.45, 7) is 16.4. The third-order valence-corrected chi connectivity index (χ3v) is 4.90. The molecule has 3 heteroatoms. The van der Waals surface area contributed by atoms with Gasteiger partial charge in [0.2, 0.25) is 0 Å². The van der Waals surface area contributed by atoms with E-state index < -0.39 is 0 Å². The zero-order chi connectivity index (χ0) is 17.6. The zero-order valence-electron chi connectivity index (χ0n) is 16.0. The first kappa shape index (κ1) is 16.8. The molecule has 1 atom stereocenters. The molecule has 1 saturated heterocycles. The predicted octanol–water partition coefficient (Wildman–Crippen LogP) is 4.67. The third-order valence-electron chi connectivity index (χ3n) is 4.90. The van der Waals surface area contributed by atoms with Gasteiger partial charge < -0.3 is 0 Å². The van der Waals surface area contributed by atoms with Gasteiger partial charge in [0.15, 0.2) is 0 Å². The summed E-state index contributed by atoms with van der Waals surface area (Å²) in [6.07, 6.45) is 0. The van der Waals surface area contributed by atoms with Crippen LogP contribution in [0.15, 0.2) is 24.3 Å². The standard InChI is InChI=1S/C21H29N3/c1-13-8-15(3)20(16(4)9-13)23-12-19(7)24(22-23)21-17(5)10-14(2)11-18(21)6/h8-11,19,22H,12H2,1-7H3. The Morgan fingerprint density at radius 2 is 1.17 bits per heavy atom. The van der Waals surface area contributed by atoms with E-state index in [0.717, 1.165) is 6.54 Å². The van der Waals surface area contributed by atoms with Gasteiger partial charge in [-0.1, -0.05) is 35.4 Å². The molecule has 1 heterocycles. The summed E-state index contributed by atoms with van der Waals surface area (Å²) in [5, 5.41) is 4.62.